The summed E-state index contributed by atoms with van der Waals surface area (Å²) in [6.45, 7) is 10.7. The second-order valence-electron chi connectivity index (χ2n) is 20.9. The van der Waals surface area contributed by atoms with Crippen molar-refractivity contribution in [2.24, 2.45) is 57.0 Å². The molecular weight excluding hydrogens is 777 g/mol. The molecular formula is C48H66N4O9. The van der Waals surface area contributed by atoms with Crippen LogP contribution in [0.3, 0.4) is 0 Å². The van der Waals surface area contributed by atoms with Gasteiger partial charge in [-0.05, 0) is 122 Å². The molecule has 1 saturated heterocycles. The number of hydrogen-bond donors (Lipinski definition) is 5. The Morgan fingerprint density at radius 3 is 2.46 bits per heavy atom. The third-order valence-electron chi connectivity index (χ3n) is 16.6. The van der Waals surface area contributed by atoms with Gasteiger partial charge in [-0.1, -0.05) is 51.5 Å². The molecule has 0 spiro atoms. The number of fused-ring (bicyclic) bond motifs is 7. The van der Waals surface area contributed by atoms with Gasteiger partial charge in [0.2, 0.25) is 5.91 Å². The van der Waals surface area contributed by atoms with Crippen LogP contribution in [-0.4, -0.2) is 96.4 Å². The molecule has 0 aromatic heterocycles. The van der Waals surface area contributed by atoms with Crippen LogP contribution in [0.4, 0.5) is 5.69 Å². The van der Waals surface area contributed by atoms with Gasteiger partial charge in [0.25, 0.3) is 0 Å². The molecule has 1 amide bonds. The van der Waals surface area contributed by atoms with Crippen LogP contribution >= 0.6 is 0 Å². The van der Waals surface area contributed by atoms with Crippen molar-refractivity contribution in [1.82, 2.24) is 10.6 Å². The Morgan fingerprint density at radius 2 is 1.79 bits per heavy atom. The maximum Gasteiger partial charge on any atom is 0.305 e. The summed E-state index contributed by atoms with van der Waals surface area (Å²) < 4.78 is 10.7. The monoisotopic (exact) mass is 842 g/mol. The molecule has 2 bridgehead atoms. The minimum absolute atomic E-state index is 0.00796. The lowest BCUT2D eigenvalue weighted by Gasteiger charge is -2.72. The maximum atomic E-state index is 14.6. The zero-order valence-electron chi connectivity index (χ0n) is 36.5. The Labute approximate surface area is 359 Å². The molecule has 1 heterocycles. The van der Waals surface area contributed by atoms with Gasteiger partial charge in [-0.15, -0.1) is 0 Å². The van der Waals surface area contributed by atoms with Crippen LogP contribution in [0, 0.1) is 51.2 Å². The number of nitrogens with one attached hydrogen (secondary N) is 2. The third-order valence-corrected chi connectivity index (χ3v) is 16.6. The molecule has 1 aliphatic heterocycles. The number of Topliss-reactive ketones (excluding diaryl/α,β-unsaturated/α-hetero) is 1. The Hall–Kier alpha value is -3.91. The summed E-state index contributed by atoms with van der Waals surface area (Å²) in [7, 11) is 0. The number of esters is 2. The number of nitrogens with zero attached hydrogens (tertiary/aromatic N) is 1. The first kappa shape index (κ1) is 43.7. The van der Waals surface area contributed by atoms with E-state index in [0.29, 0.717) is 26.1 Å². The van der Waals surface area contributed by atoms with Crippen molar-refractivity contribution in [3.63, 3.8) is 0 Å². The topological polar surface area (TPSA) is 198 Å². The number of anilines is 1. The van der Waals surface area contributed by atoms with E-state index in [1.54, 1.807) is 12.2 Å². The van der Waals surface area contributed by atoms with Gasteiger partial charge < -0.3 is 35.6 Å². The number of amides is 1. The van der Waals surface area contributed by atoms with Gasteiger partial charge >= 0.3 is 11.9 Å². The second-order valence-corrected chi connectivity index (χ2v) is 20.9. The highest BCUT2D eigenvalue weighted by atomic mass is 16.5. The molecule has 61 heavy (non-hydrogen) atoms. The van der Waals surface area contributed by atoms with Crippen LogP contribution in [0.25, 0.3) is 0 Å². The van der Waals surface area contributed by atoms with Crippen molar-refractivity contribution in [1.29, 1.82) is 0 Å². The summed E-state index contributed by atoms with van der Waals surface area (Å²) in [6.07, 6.45) is 10.7. The average Bonchev–Trinajstić information content (AvgIpc) is 3.69. The molecule has 332 valence electrons. The first-order valence-corrected chi connectivity index (χ1v) is 22.6. The number of allylic oxidation sites excluding steroid dienone is 4. The first-order chi connectivity index (χ1) is 28.8. The van der Waals surface area contributed by atoms with E-state index in [-0.39, 0.29) is 84.1 Å². The average molecular weight is 843 g/mol. The fourth-order valence-corrected chi connectivity index (χ4v) is 14.1. The Kier molecular flexibility index (Phi) is 11.5. The van der Waals surface area contributed by atoms with Crippen LogP contribution in [0.15, 0.2) is 48.1 Å². The van der Waals surface area contributed by atoms with Gasteiger partial charge in [-0.2, -0.15) is 0 Å². The second kappa shape index (κ2) is 16.0. The van der Waals surface area contributed by atoms with E-state index in [1.165, 1.54) is 12.5 Å². The highest BCUT2D eigenvalue weighted by Crippen LogP contribution is 2.73. The summed E-state index contributed by atoms with van der Waals surface area (Å²) in [4.78, 5) is 65.8. The zero-order chi connectivity index (χ0) is 43.7. The number of hydrogen-bond acceptors (Lipinski definition) is 12. The fourth-order valence-electron chi connectivity index (χ4n) is 14.1. The smallest absolute Gasteiger partial charge is 0.305 e. The number of carbonyl (C=O) groups is 5. The van der Waals surface area contributed by atoms with Crippen molar-refractivity contribution < 1.29 is 43.7 Å². The van der Waals surface area contributed by atoms with Crippen molar-refractivity contribution >= 4 is 35.1 Å². The lowest BCUT2D eigenvalue weighted by Crippen LogP contribution is -2.77. The molecule has 1 unspecified atom stereocenters. The SMILES string of the molecule is CC(=O)OCC(=O)[C@@]12CN(c3ccc(CC45CC(NC(O)[C@H](CCC(=O)OCC(C)C)NC(=O)CN)(C4)C5)cc3)C[C@@H]1C[C@H]1[C@@H]3CCC4=CC(=O)C=C[C@]4(C)[C@H]3[C@@H](O)C[C@@]12C. The van der Waals surface area contributed by atoms with Gasteiger partial charge in [0.15, 0.2) is 18.2 Å². The normalized spacial score (nSPS) is 37.5. The lowest BCUT2D eigenvalue weighted by atomic mass is 9.38. The predicted molar refractivity (Wildman–Crippen MR) is 227 cm³/mol. The third kappa shape index (κ3) is 7.58. The van der Waals surface area contributed by atoms with Crippen molar-refractivity contribution in [3.05, 3.63) is 53.6 Å². The van der Waals surface area contributed by atoms with Crippen LogP contribution < -0.4 is 21.3 Å². The number of nitrogens with two attached hydrogens (primary N) is 1. The Morgan fingerprint density at radius 1 is 1.07 bits per heavy atom. The van der Waals surface area contributed by atoms with E-state index in [9.17, 15) is 34.2 Å². The molecule has 0 radical (unpaired) electrons. The Balaban J connectivity index is 0.921. The van der Waals surface area contributed by atoms with E-state index in [1.807, 2.05) is 19.9 Å². The standard InChI is InChI=1S/C48H66N4O9/c1-28(2)22-61-41(58)13-12-37(50-40(57)20-49)43(59)51-47-24-46(25-47,26-47)18-30-6-9-33(10-7-30)52-21-32-17-36-35-11-8-31-16-34(54)14-15-44(31,4)42(35)38(55)19-45(36,5)48(32,27-52)39(56)23-60-29(3)53/h6-7,9-10,14-16,28,32,35-38,42-43,51,55,59H,8,11-13,17-27,49H2,1-5H3,(H,50,57)/t32-,35-,36-,37-,38-,42+,43?,44-,45-,46?,47?,48+/m0/s1. The van der Waals surface area contributed by atoms with Crippen LogP contribution in [-0.2, 0) is 39.9 Å². The number of benzene rings is 1. The minimum Gasteiger partial charge on any atom is -0.465 e. The maximum absolute atomic E-state index is 14.6. The van der Waals surface area contributed by atoms with Gasteiger partial charge in [-0.25, -0.2) is 0 Å². The van der Waals surface area contributed by atoms with Crippen LogP contribution in [0.1, 0.15) is 98.0 Å². The molecule has 7 aliphatic carbocycles. The number of ketones is 2. The van der Waals surface area contributed by atoms with E-state index >= 15 is 0 Å². The van der Waals surface area contributed by atoms with E-state index in [0.717, 1.165) is 56.2 Å². The minimum atomic E-state index is -1.04. The number of ether oxygens (including phenoxy) is 2. The number of carbonyl (C=O) groups excluding carboxylic acids is 5. The van der Waals surface area contributed by atoms with Crippen LogP contribution in [0.5, 0.6) is 0 Å². The molecule has 7 fully saturated rings. The predicted octanol–water partition coefficient (Wildman–Crippen LogP) is 3.93. The summed E-state index contributed by atoms with van der Waals surface area (Å²) in [6, 6.07) is 7.98. The first-order valence-electron chi connectivity index (χ1n) is 22.6. The summed E-state index contributed by atoms with van der Waals surface area (Å²) in [5.41, 5.74) is 7.12. The number of aliphatic hydroxyl groups is 2. The summed E-state index contributed by atoms with van der Waals surface area (Å²) in [5.74, 6) is -0.666. The molecule has 8 aliphatic rings. The quantitative estimate of drug-likeness (QED) is 0.119. The molecule has 6 saturated carbocycles. The van der Waals surface area contributed by atoms with Gasteiger partial charge in [0.1, 0.15) is 6.23 Å². The largest absolute Gasteiger partial charge is 0.465 e. The number of aliphatic hydroxyl groups excluding tert-OH is 2. The van der Waals surface area contributed by atoms with E-state index in [2.05, 4.69) is 53.6 Å². The van der Waals surface area contributed by atoms with Gasteiger partial charge in [0.05, 0.1) is 30.7 Å². The van der Waals surface area contributed by atoms with Gasteiger partial charge in [-0.3, -0.25) is 29.3 Å². The van der Waals surface area contributed by atoms with Crippen molar-refractivity contribution in [2.75, 3.05) is 37.7 Å². The number of rotatable bonds is 16. The molecule has 13 heteroatoms. The summed E-state index contributed by atoms with van der Waals surface area (Å²) >= 11 is 0. The highest BCUT2D eigenvalue weighted by molar-refractivity contribution is 6.01. The molecule has 1 aromatic rings. The van der Waals surface area contributed by atoms with E-state index in [4.69, 9.17) is 15.2 Å². The zero-order valence-corrected chi connectivity index (χ0v) is 36.5. The molecule has 9 rings (SSSR count). The molecule has 10 atom stereocenters. The van der Waals surface area contributed by atoms with E-state index < -0.39 is 46.5 Å². The van der Waals surface area contributed by atoms with Crippen molar-refractivity contribution in [2.45, 2.75) is 123 Å². The molecule has 1 aromatic carbocycles. The van der Waals surface area contributed by atoms with Gasteiger partial charge in [0, 0.05) is 49.0 Å². The fraction of sp³-hybridized carbons (Fsp3) is 0.688. The van der Waals surface area contributed by atoms with Crippen molar-refractivity contribution in [3.8, 4) is 0 Å². The Bertz CT molecular complexity index is 1980. The van der Waals surface area contributed by atoms with Crippen LogP contribution in [0.2, 0.25) is 0 Å². The lowest BCUT2D eigenvalue weighted by molar-refractivity contribution is -0.175. The highest BCUT2D eigenvalue weighted by Gasteiger charge is 2.73. The molecule has 13 nitrogen and oxygen atoms in total. The molecule has 6 N–H and O–H groups in total. The summed E-state index contributed by atoms with van der Waals surface area (Å²) in [5, 5.41) is 29.5.